The van der Waals surface area contributed by atoms with Crippen molar-refractivity contribution >= 4 is 44.3 Å². The monoisotopic (exact) mass is 587 g/mol. The Kier molecular flexibility index (Phi) is 5.94. The predicted octanol–water partition coefficient (Wildman–Crippen LogP) is 4.13. The molecule has 39 heavy (non-hydrogen) atoms. The number of rotatable bonds is 6. The molecule has 4 aromatic rings. The van der Waals surface area contributed by atoms with E-state index < -0.39 is 6.04 Å². The van der Waals surface area contributed by atoms with Gasteiger partial charge in [-0.15, -0.1) is 0 Å². The third kappa shape index (κ3) is 4.34. The Morgan fingerprint density at radius 2 is 1.85 bits per heavy atom. The number of halogens is 1. The van der Waals surface area contributed by atoms with Crippen molar-refractivity contribution in [3.05, 3.63) is 64.2 Å². The molecule has 10 nitrogen and oxygen atoms in total. The number of carbonyl (C=O) groups excluding carboxylic acids is 3. The Labute approximate surface area is 233 Å². The molecular formula is C28H26BrN7O3. The van der Waals surface area contributed by atoms with Gasteiger partial charge in [0.25, 0.3) is 0 Å². The minimum absolute atomic E-state index is 0.00688. The Morgan fingerprint density at radius 1 is 1.10 bits per heavy atom. The van der Waals surface area contributed by atoms with Crippen LogP contribution in [0, 0.1) is 19.3 Å². The summed E-state index contributed by atoms with van der Waals surface area (Å²) in [5.74, 6) is 0.0428. The summed E-state index contributed by atoms with van der Waals surface area (Å²) in [5, 5.41) is 5.16. The van der Waals surface area contributed by atoms with Gasteiger partial charge in [0.05, 0.1) is 22.9 Å². The first kappa shape index (κ1) is 25.4. The quantitative estimate of drug-likeness (QED) is 0.243. The highest BCUT2D eigenvalue weighted by Crippen LogP contribution is 2.59. The minimum Gasteiger partial charge on any atom is -0.327 e. The number of hydrogen-bond acceptors (Lipinski definition) is 8. The van der Waals surface area contributed by atoms with Crippen LogP contribution in [0.2, 0.25) is 0 Å². The van der Waals surface area contributed by atoms with Gasteiger partial charge in [0.2, 0.25) is 11.7 Å². The normalized spacial score (nSPS) is 21.7. The van der Waals surface area contributed by atoms with Gasteiger partial charge in [0.1, 0.15) is 28.4 Å². The second-order valence-electron chi connectivity index (χ2n) is 10.7. The molecule has 4 aromatic heterocycles. The number of Topliss-reactive ketones (excluding diaryl/α,β-unsaturated/α-hetero) is 2. The van der Waals surface area contributed by atoms with Crippen molar-refractivity contribution in [3.8, 4) is 11.3 Å². The highest BCUT2D eigenvalue weighted by molar-refractivity contribution is 9.10. The van der Waals surface area contributed by atoms with Crippen LogP contribution in [-0.4, -0.2) is 64.2 Å². The number of hydrogen-bond donors (Lipinski definition) is 0. The third-order valence-electron chi connectivity index (χ3n) is 7.79. The fourth-order valence-electron chi connectivity index (χ4n) is 5.73. The minimum atomic E-state index is -0.593. The van der Waals surface area contributed by atoms with E-state index in [-0.39, 0.29) is 41.2 Å². The van der Waals surface area contributed by atoms with Crippen LogP contribution in [-0.2, 0) is 11.3 Å². The summed E-state index contributed by atoms with van der Waals surface area (Å²) in [6.07, 6.45) is 4.83. The first-order chi connectivity index (χ1) is 18.6. The molecule has 1 unspecified atom stereocenters. The molecule has 3 atom stereocenters. The van der Waals surface area contributed by atoms with Gasteiger partial charge in [0.15, 0.2) is 5.78 Å². The summed E-state index contributed by atoms with van der Waals surface area (Å²) in [5.41, 5.74) is 3.08. The van der Waals surface area contributed by atoms with Gasteiger partial charge in [0, 0.05) is 36.3 Å². The highest BCUT2D eigenvalue weighted by atomic mass is 79.9. The molecule has 0 aromatic carbocycles. The summed E-state index contributed by atoms with van der Waals surface area (Å²) in [6, 6.07) is 6.39. The zero-order valence-electron chi connectivity index (χ0n) is 22.0. The first-order valence-electron chi connectivity index (χ1n) is 12.7. The van der Waals surface area contributed by atoms with E-state index in [1.54, 1.807) is 53.2 Å². The molecule has 0 bridgehead atoms. The molecule has 1 saturated carbocycles. The predicted molar refractivity (Wildman–Crippen MR) is 146 cm³/mol. The molecule has 0 radical (unpaired) electrons. The van der Waals surface area contributed by atoms with Crippen LogP contribution >= 0.6 is 15.9 Å². The van der Waals surface area contributed by atoms with E-state index in [0.29, 0.717) is 44.8 Å². The van der Waals surface area contributed by atoms with Gasteiger partial charge < -0.3 is 4.90 Å². The van der Waals surface area contributed by atoms with Crippen LogP contribution < -0.4 is 0 Å². The van der Waals surface area contributed by atoms with E-state index in [9.17, 15) is 14.4 Å². The largest absolute Gasteiger partial charge is 0.327 e. The van der Waals surface area contributed by atoms with E-state index in [1.165, 1.54) is 6.92 Å². The van der Waals surface area contributed by atoms with E-state index >= 15 is 0 Å². The Balaban J connectivity index is 1.36. The van der Waals surface area contributed by atoms with Crippen LogP contribution in [0.3, 0.4) is 0 Å². The fourth-order valence-corrected chi connectivity index (χ4v) is 6.07. The first-order valence-corrected chi connectivity index (χ1v) is 13.5. The van der Waals surface area contributed by atoms with Crippen molar-refractivity contribution in [3.63, 3.8) is 0 Å². The Hall–Kier alpha value is -3.86. The molecule has 0 N–H and O–H groups in total. The molecule has 1 aliphatic heterocycles. The second kappa shape index (κ2) is 9.11. The van der Waals surface area contributed by atoms with Gasteiger partial charge in [-0.3, -0.25) is 24.0 Å². The van der Waals surface area contributed by atoms with Gasteiger partial charge in [-0.2, -0.15) is 5.10 Å². The van der Waals surface area contributed by atoms with Crippen LogP contribution in [0.15, 0.2) is 41.3 Å². The van der Waals surface area contributed by atoms with Crippen molar-refractivity contribution in [1.82, 2.24) is 34.6 Å². The third-order valence-corrected chi connectivity index (χ3v) is 8.23. The molecule has 1 amide bonds. The summed E-state index contributed by atoms with van der Waals surface area (Å²) in [7, 11) is 0. The summed E-state index contributed by atoms with van der Waals surface area (Å²) >= 11 is 3.33. The number of ketones is 2. The topological polar surface area (TPSA) is 124 Å². The van der Waals surface area contributed by atoms with Crippen molar-refractivity contribution in [2.75, 3.05) is 0 Å². The molecule has 1 aliphatic carbocycles. The van der Waals surface area contributed by atoms with Crippen molar-refractivity contribution in [2.24, 2.45) is 5.41 Å². The fraction of sp³-hybridized carbons (Fsp3) is 0.357. The Morgan fingerprint density at radius 3 is 2.54 bits per heavy atom. The molecule has 6 rings (SSSR count). The molecule has 5 heterocycles. The molecular weight excluding hydrogens is 562 g/mol. The van der Waals surface area contributed by atoms with Crippen LogP contribution in [0.25, 0.3) is 22.2 Å². The molecule has 198 valence electrons. The summed E-state index contributed by atoms with van der Waals surface area (Å²) in [6.45, 7) is 7.09. The van der Waals surface area contributed by atoms with Crippen LogP contribution in [0.5, 0.6) is 0 Å². The lowest BCUT2D eigenvalue weighted by Crippen LogP contribution is -2.45. The maximum atomic E-state index is 13.8. The lowest BCUT2D eigenvalue weighted by molar-refractivity contribution is -0.133. The summed E-state index contributed by atoms with van der Waals surface area (Å²) in [4.78, 5) is 59.1. The maximum Gasteiger partial charge on any atom is 0.245 e. The average molecular weight is 588 g/mol. The maximum absolute atomic E-state index is 13.8. The number of fused-ring (bicyclic) bond motifs is 2. The number of carbonyl (C=O) groups is 3. The number of aryl methyl sites for hydroxylation is 2. The van der Waals surface area contributed by atoms with Gasteiger partial charge in [-0.05, 0) is 66.2 Å². The molecule has 2 fully saturated rings. The number of pyridine rings is 2. The van der Waals surface area contributed by atoms with E-state index in [0.717, 1.165) is 12.0 Å². The SMILES string of the molecule is CC(=O)c1nn(CC(=O)N2C(C(=O)c3cccc(Br)n3)C[C@@]3(C)C[C@@H]23)c2c(C)nc(-c3cnc(C)nc3)cc12. The van der Waals surface area contributed by atoms with Gasteiger partial charge in [-0.1, -0.05) is 13.0 Å². The number of piperidine rings is 1. The van der Waals surface area contributed by atoms with Gasteiger partial charge in [-0.25, -0.2) is 15.0 Å². The number of amides is 1. The van der Waals surface area contributed by atoms with E-state index in [4.69, 9.17) is 4.98 Å². The smallest absolute Gasteiger partial charge is 0.245 e. The zero-order valence-corrected chi connectivity index (χ0v) is 23.6. The number of likely N-dealkylation sites (tertiary alicyclic amines) is 1. The lowest BCUT2D eigenvalue weighted by Gasteiger charge is -2.26. The Bertz CT molecular complexity index is 1680. The number of nitrogens with zero attached hydrogens (tertiary/aromatic N) is 7. The summed E-state index contributed by atoms with van der Waals surface area (Å²) < 4.78 is 2.11. The standard InChI is InChI=1S/C28H26BrN7O3/c1-14-26-18(8-20(32-14)17-11-30-16(3)31-12-17)25(15(2)37)34-35(26)13-24(38)36-21(9-28(4)10-22(28)36)27(39)19-6-5-7-23(29)33-19/h5-8,11-12,21-22H,9-10,13H2,1-4H3/t21?,22-,28+/m1/s1. The average Bonchev–Trinajstić information content (AvgIpc) is 3.25. The van der Waals surface area contributed by atoms with Crippen molar-refractivity contribution in [2.45, 2.75) is 59.2 Å². The second-order valence-corrected chi connectivity index (χ2v) is 11.5. The highest BCUT2D eigenvalue weighted by Gasteiger charge is 2.64. The molecule has 1 saturated heterocycles. The van der Waals surface area contributed by atoms with E-state index in [1.807, 2.05) is 6.92 Å². The molecule has 2 aliphatic rings. The van der Waals surface area contributed by atoms with Crippen LogP contribution in [0.1, 0.15) is 59.2 Å². The van der Waals surface area contributed by atoms with Crippen molar-refractivity contribution < 1.29 is 14.4 Å². The zero-order chi connectivity index (χ0) is 27.6. The lowest BCUT2D eigenvalue weighted by atomic mass is 9.97. The van der Waals surface area contributed by atoms with Gasteiger partial charge >= 0.3 is 0 Å². The van der Waals surface area contributed by atoms with E-state index in [2.05, 4.69) is 42.9 Å². The van der Waals surface area contributed by atoms with Crippen molar-refractivity contribution in [1.29, 1.82) is 0 Å². The number of aromatic nitrogens is 6. The van der Waals surface area contributed by atoms with Crippen LogP contribution in [0.4, 0.5) is 0 Å². The molecule has 11 heteroatoms. The molecule has 0 spiro atoms.